The van der Waals surface area contributed by atoms with Crippen LogP contribution in [0, 0.1) is 0 Å². The van der Waals surface area contributed by atoms with E-state index in [1.165, 1.54) is 17.1 Å². The Morgan fingerprint density at radius 1 is 1.62 bits per heavy atom. The number of sulfonamides is 1. The van der Waals surface area contributed by atoms with Gasteiger partial charge in [-0.25, -0.2) is 13.1 Å². The quantitative estimate of drug-likeness (QED) is 0.775. The molecule has 1 aliphatic heterocycles. The molecule has 2 N–H and O–H groups in total. The van der Waals surface area contributed by atoms with Crippen molar-refractivity contribution in [1.82, 2.24) is 14.5 Å². The average molecular weight is 317 g/mol. The van der Waals surface area contributed by atoms with Crippen LogP contribution >= 0.6 is 0 Å². The van der Waals surface area contributed by atoms with Crippen molar-refractivity contribution in [2.75, 3.05) is 6.61 Å². The molecule has 0 amide bonds. The van der Waals surface area contributed by atoms with Gasteiger partial charge in [-0.1, -0.05) is 0 Å². The zero-order valence-corrected chi connectivity index (χ0v) is 12.5. The second-order valence-corrected chi connectivity index (χ2v) is 6.82. The van der Waals surface area contributed by atoms with Crippen LogP contribution in [0.1, 0.15) is 26.2 Å². The highest BCUT2D eigenvalue weighted by atomic mass is 32.2. The normalized spacial score (nSPS) is 23.1. The molecule has 1 aromatic rings. The molecule has 0 spiro atoms. The first-order valence-electron chi connectivity index (χ1n) is 6.75. The Labute approximate surface area is 123 Å². The summed E-state index contributed by atoms with van der Waals surface area (Å²) in [6.07, 6.45) is 3.76. The molecule has 1 saturated heterocycles. The van der Waals surface area contributed by atoms with E-state index in [4.69, 9.17) is 9.84 Å². The lowest BCUT2D eigenvalue weighted by Crippen LogP contribution is -2.41. The van der Waals surface area contributed by atoms with Gasteiger partial charge in [0.1, 0.15) is 4.90 Å². The monoisotopic (exact) mass is 317 g/mol. The average Bonchev–Trinajstić information content (AvgIpc) is 2.85. The Hall–Kier alpha value is -1.45. The molecule has 2 heterocycles. The molecule has 0 radical (unpaired) electrons. The molecule has 0 aromatic carbocycles. The van der Waals surface area contributed by atoms with Crippen molar-refractivity contribution in [2.24, 2.45) is 0 Å². The molecule has 118 valence electrons. The van der Waals surface area contributed by atoms with E-state index < -0.39 is 16.0 Å². The highest BCUT2D eigenvalue weighted by molar-refractivity contribution is 7.89. The number of hydrogen-bond acceptors (Lipinski definition) is 5. The van der Waals surface area contributed by atoms with Crippen LogP contribution in [0.2, 0.25) is 0 Å². The van der Waals surface area contributed by atoms with E-state index in [0.717, 1.165) is 0 Å². The molecule has 0 bridgehead atoms. The van der Waals surface area contributed by atoms with Crippen LogP contribution in [0.4, 0.5) is 0 Å². The molecule has 1 fully saturated rings. The van der Waals surface area contributed by atoms with Gasteiger partial charge in [0.2, 0.25) is 10.0 Å². The highest BCUT2D eigenvalue weighted by Gasteiger charge is 2.25. The lowest BCUT2D eigenvalue weighted by atomic mass is 10.1. The largest absolute Gasteiger partial charge is 0.481 e. The Morgan fingerprint density at radius 2 is 2.38 bits per heavy atom. The molecular formula is C12H19N3O5S. The van der Waals surface area contributed by atoms with Gasteiger partial charge in [0, 0.05) is 18.8 Å². The second-order valence-electron chi connectivity index (χ2n) is 5.11. The minimum absolute atomic E-state index is 0.0322. The summed E-state index contributed by atoms with van der Waals surface area (Å²) in [6, 6.07) is -0.152. The predicted octanol–water partition coefficient (Wildman–Crippen LogP) is 0.204. The maximum Gasteiger partial charge on any atom is 0.305 e. The third-order valence-electron chi connectivity index (χ3n) is 3.28. The topological polar surface area (TPSA) is 111 Å². The molecule has 1 aliphatic rings. The van der Waals surface area contributed by atoms with Crippen LogP contribution in [0.25, 0.3) is 0 Å². The minimum atomic E-state index is -3.64. The molecule has 1 aromatic heterocycles. The first kappa shape index (κ1) is 15.9. The zero-order valence-electron chi connectivity index (χ0n) is 11.7. The van der Waals surface area contributed by atoms with E-state index in [1.54, 1.807) is 0 Å². The van der Waals surface area contributed by atoms with Gasteiger partial charge >= 0.3 is 5.97 Å². The summed E-state index contributed by atoms with van der Waals surface area (Å²) in [5.41, 5.74) is 0. The number of aryl methyl sites for hydroxylation is 1. The van der Waals surface area contributed by atoms with Crippen molar-refractivity contribution < 1.29 is 23.1 Å². The number of carbonyl (C=O) groups is 1. The maximum absolute atomic E-state index is 12.2. The van der Waals surface area contributed by atoms with E-state index in [-0.39, 0.29) is 30.0 Å². The van der Waals surface area contributed by atoms with Crippen molar-refractivity contribution in [1.29, 1.82) is 0 Å². The van der Waals surface area contributed by atoms with Gasteiger partial charge in [-0.2, -0.15) is 5.10 Å². The fourth-order valence-electron chi connectivity index (χ4n) is 2.21. The summed E-state index contributed by atoms with van der Waals surface area (Å²) >= 11 is 0. The van der Waals surface area contributed by atoms with Crippen LogP contribution in [-0.4, -0.2) is 48.0 Å². The zero-order chi connectivity index (χ0) is 15.5. The van der Waals surface area contributed by atoms with Crippen LogP contribution < -0.4 is 4.72 Å². The van der Waals surface area contributed by atoms with Crippen LogP contribution in [0.3, 0.4) is 0 Å². The standard InChI is InChI=1S/C12H19N3O5S/c1-9-6-10(3-5-20-9)14-21(18,19)11-7-13-15(8-11)4-2-12(16)17/h7-10,14H,2-6H2,1H3,(H,16,17). The van der Waals surface area contributed by atoms with Crippen LogP contribution in [0.15, 0.2) is 17.3 Å². The Bertz CT molecular complexity index is 598. The third kappa shape index (κ3) is 4.51. The van der Waals surface area contributed by atoms with E-state index in [1.807, 2.05) is 6.92 Å². The minimum Gasteiger partial charge on any atom is -0.481 e. The molecule has 8 nitrogen and oxygen atoms in total. The Morgan fingerprint density at radius 3 is 3.05 bits per heavy atom. The van der Waals surface area contributed by atoms with Gasteiger partial charge in [-0.15, -0.1) is 0 Å². The molecule has 0 saturated carbocycles. The number of nitrogens with one attached hydrogen (secondary N) is 1. The van der Waals surface area contributed by atoms with E-state index in [9.17, 15) is 13.2 Å². The summed E-state index contributed by atoms with van der Waals surface area (Å²) in [5, 5.41) is 12.5. The second kappa shape index (κ2) is 6.54. The van der Waals surface area contributed by atoms with E-state index >= 15 is 0 Å². The smallest absolute Gasteiger partial charge is 0.305 e. The number of nitrogens with zero attached hydrogens (tertiary/aromatic N) is 2. The molecule has 2 unspecified atom stereocenters. The Balaban J connectivity index is 2.00. The summed E-state index contributed by atoms with van der Waals surface area (Å²) in [5.74, 6) is -0.954. The lowest BCUT2D eigenvalue weighted by Gasteiger charge is -2.27. The molecular weight excluding hydrogens is 298 g/mol. The van der Waals surface area contributed by atoms with Crippen molar-refractivity contribution in [2.45, 2.75) is 49.8 Å². The number of hydrogen-bond donors (Lipinski definition) is 2. The number of aromatic nitrogens is 2. The van der Waals surface area contributed by atoms with Gasteiger partial charge in [0.25, 0.3) is 0 Å². The fraction of sp³-hybridized carbons (Fsp3) is 0.667. The molecule has 0 aliphatic carbocycles. The number of carboxylic acid groups (broad SMARTS) is 1. The molecule has 9 heteroatoms. The van der Waals surface area contributed by atoms with Crippen LogP contribution in [0.5, 0.6) is 0 Å². The number of aliphatic carboxylic acids is 1. The predicted molar refractivity (Wildman–Crippen MR) is 73.2 cm³/mol. The van der Waals surface area contributed by atoms with Gasteiger partial charge in [-0.05, 0) is 19.8 Å². The van der Waals surface area contributed by atoms with Crippen LogP contribution in [-0.2, 0) is 26.1 Å². The Kier molecular flexibility index (Phi) is 4.96. The van der Waals surface area contributed by atoms with Gasteiger partial charge in [0.15, 0.2) is 0 Å². The summed E-state index contributed by atoms with van der Waals surface area (Å²) in [6.45, 7) is 2.58. The number of rotatable bonds is 6. The van der Waals surface area contributed by atoms with Gasteiger partial charge < -0.3 is 9.84 Å². The van der Waals surface area contributed by atoms with E-state index in [0.29, 0.717) is 19.4 Å². The van der Waals surface area contributed by atoms with Gasteiger partial charge in [0.05, 0.1) is 25.3 Å². The fourth-order valence-corrected chi connectivity index (χ4v) is 3.44. The first-order valence-corrected chi connectivity index (χ1v) is 8.23. The van der Waals surface area contributed by atoms with Crippen molar-refractivity contribution in [3.8, 4) is 0 Å². The van der Waals surface area contributed by atoms with Crippen molar-refractivity contribution in [3.63, 3.8) is 0 Å². The first-order chi connectivity index (χ1) is 9.87. The molecule has 2 rings (SSSR count). The molecule has 2 atom stereocenters. The van der Waals surface area contributed by atoms with Crippen molar-refractivity contribution in [3.05, 3.63) is 12.4 Å². The molecule has 21 heavy (non-hydrogen) atoms. The summed E-state index contributed by atoms with van der Waals surface area (Å²) in [7, 11) is -3.64. The maximum atomic E-state index is 12.2. The summed E-state index contributed by atoms with van der Waals surface area (Å²) in [4.78, 5) is 10.5. The van der Waals surface area contributed by atoms with E-state index in [2.05, 4.69) is 9.82 Å². The lowest BCUT2D eigenvalue weighted by molar-refractivity contribution is -0.137. The third-order valence-corrected chi connectivity index (χ3v) is 4.76. The SMILES string of the molecule is CC1CC(NS(=O)(=O)c2cnn(CCC(=O)O)c2)CCO1. The van der Waals surface area contributed by atoms with Crippen molar-refractivity contribution >= 4 is 16.0 Å². The number of ether oxygens (including phenoxy) is 1. The van der Waals surface area contributed by atoms with Gasteiger partial charge in [-0.3, -0.25) is 9.48 Å². The highest BCUT2D eigenvalue weighted by Crippen LogP contribution is 2.16. The number of carboxylic acids is 1. The summed E-state index contributed by atoms with van der Waals surface area (Å²) < 4.78 is 33.8.